The van der Waals surface area contributed by atoms with Gasteiger partial charge >= 0.3 is 6.03 Å². The van der Waals surface area contributed by atoms with Crippen LogP contribution in [0, 0.1) is 13.8 Å². The van der Waals surface area contributed by atoms with Crippen LogP contribution in [0.2, 0.25) is 0 Å². The highest BCUT2D eigenvalue weighted by Gasteiger charge is 2.13. The quantitative estimate of drug-likeness (QED) is 0.729. The number of urea groups is 1. The maximum atomic E-state index is 12.3. The summed E-state index contributed by atoms with van der Waals surface area (Å²) in [6, 6.07) is -0.0256. The number of H-pyrrole nitrogens is 1. The molecule has 0 saturated carbocycles. The van der Waals surface area contributed by atoms with Gasteiger partial charge in [0.25, 0.3) is 0 Å². The Kier molecular flexibility index (Phi) is 6.40. The monoisotopic (exact) mass is 332 g/mol. The normalized spacial score (nSPS) is 10.8. The predicted octanol–water partition coefficient (Wildman–Crippen LogP) is 2.41. The number of aromatic amines is 1. The summed E-state index contributed by atoms with van der Waals surface area (Å²) < 4.78 is 1.87. The Balaban J connectivity index is 1.77. The summed E-state index contributed by atoms with van der Waals surface area (Å²) in [6.45, 7) is 10.8. The van der Waals surface area contributed by atoms with Gasteiger partial charge in [0.2, 0.25) is 0 Å². The highest BCUT2D eigenvalue weighted by molar-refractivity contribution is 5.74. The number of hydrogen-bond acceptors (Lipinski definition) is 3. The molecule has 7 nitrogen and oxygen atoms in total. The van der Waals surface area contributed by atoms with E-state index in [-0.39, 0.29) is 6.03 Å². The van der Waals surface area contributed by atoms with Crippen molar-refractivity contribution in [3.8, 4) is 0 Å². The highest BCUT2D eigenvalue weighted by atomic mass is 16.2. The van der Waals surface area contributed by atoms with Gasteiger partial charge in [-0.3, -0.25) is 9.78 Å². The molecule has 0 aliphatic rings. The van der Waals surface area contributed by atoms with Gasteiger partial charge in [0, 0.05) is 37.1 Å². The molecule has 2 aromatic heterocycles. The molecule has 2 amide bonds. The SMILES string of the molecule is CCN(Cc1cnn(CC)c1)C(=O)NCCCc1c(C)n[nH]c1C. The topological polar surface area (TPSA) is 78.8 Å². The number of hydrogen-bond donors (Lipinski definition) is 2. The summed E-state index contributed by atoms with van der Waals surface area (Å²) >= 11 is 0. The lowest BCUT2D eigenvalue weighted by molar-refractivity contribution is 0.198. The van der Waals surface area contributed by atoms with Crippen LogP contribution in [0.15, 0.2) is 12.4 Å². The van der Waals surface area contributed by atoms with Crippen LogP contribution in [0.1, 0.15) is 42.8 Å². The van der Waals surface area contributed by atoms with Crippen molar-refractivity contribution in [1.29, 1.82) is 0 Å². The van der Waals surface area contributed by atoms with E-state index in [2.05, 4.69) is 20.6 Å². The van der Waals surface area contributed by atoms with Crippen molar-refractivity contribution in [3.05, 3.63) is 34.9 Å². The molecule has 0 aromatic carbocycles. The van der Waals surface area contributed by atoms with Crippen LogP contribution in [0.5, 0.6) is 0 Å². The second kappa shape index (κ2) is 8.52. The van der Waals surface area contributed by atoms with Crippen LogP contribution in [-0.2, 0) is 19.5 Å². The van der Waals surface area contributed by atoms with Crippen molar-refractivity contribution < 1.29 is 4.79 Å². The van der Waals surface area contributed by atoms with Crippen LogP contribution in [-0.4, -0.2) is 44.0 Å². The largest absolute Gasteiger partial charge is 0.338 e. The van der Waals surface area contributed by atoms with Crippen LogP contribution in [0.3, 0.4) is 0 Å². The molecule has 2 N–H and O–H groups in total. The van der Waals surface area contributed by atoms with Gasteiger partial charge in [-0.15, -0.1) is 0 Å². The molecule has 24 heavy (non-hydrogen) atoms. The predicted molar refractivity (Wildman–Crippen MR) is 93.8 cm³/mol. The van der Waals surface area contributed by atoms with Gasteiger partial charge in [-0.25, -0.2) is 4.79 Å². The first-order valence-electron chi connectivity index (χ1n) is 8.59. The molecular weight excluding hydrogens is 304 g/mol. The molecule has 0 aliphatic carbocycles. The number of carbonyl (C=O) groups is 1. The molecular formula is C17H28N6O. The number of amides is 2. The molecule has 2 heterocycles. The average Bonchev–Trinajstić information content (AvgIpc) is 3.16. The molecule has 0 spiro atoms. The summed E-state index contributed by atoms with van der Waals surface area (Å²) in [5.74, 6) is 0. The number of carbonyl (C=O) groups excluding carboxylic acids is 1. The van der Waals surface area contributed by atoms with Crippen LogP contribution in [0.25, 0.3) is 0 Å². The Bertz CT molecular complexity index is 640. The Labute approximate surface area is 143 Å². The van der Waals surface area contributed by atoms with Crippen LogP contribution in [0.4, 0.5) is 4.79 Å². The average molecular weight is 332 g/mol. The zero-order valence-corrected chi connectivity index (χ0v) is 15.1. The second-order valence-corrected chi connectivity index (χ2v) is 5.97. The van der Waals surface area contributed by atoms with Crippen LogP contribution >= 0.6 is 0 Å². The minimum Gasteiger partial charge on any atom is -0.338 e. The van der Waals surface area contributed by atoms with E-state index in [9.17, 15) is 4.79 Å². The zero-order valence-electron chi connectivity index (χ0n) is 15.1. The zero-order chi connectivity index (χ0) is 17.5. The van der Waals surface area contributed by atoms with Gasteiger partial charge < -0.3 is 10.2 Å². The van der Waals surface area contributed by atoms with E-state index in [1.807, 2.05) is 44.8 Å². The molecule has 0 saturated heterocycles. The van der Waals surface area contributed by atoms with E-state index < -0.39 is 0 Å². The smallest absolute Gasteiger partial charge is 0.317 e. The molecule has 0 aliphatic heterocycles. The maximum Gasteiger partial charge on any atom is 0.317 e. The van der Waals surface area contributed by atoms with E-state index in [0.717, 1.165) is 36.3 Å². The number of nitrogens with one attached hydrogen (secondary N) is 2. The minimum atomic E-state index is -0.0256. The summed E-state index contributed by atoms with van der Waals surface area (Å²) in [5, 5.41) is 14.4. The number of nitrogens with zero attached hydrogens (tertiary/aromatic N) is 4. The van der Waals surface area contributed by atoms with Crippen molar-refractivity contribution in [2.75, 3.05) is 13.1 Å². The van der Waals surface area contributed by atoms with Crippen molar-refractivity contribution >= 4 is 6.03 Å². The molecule has 2 aromatic rings. The fourth-order valence-electron chi connectivity index (χ4n) is 2.72. The van der Waals surface area contributed by atoms with E-state index in [0.29, 0.717) is 19.6 Å². The fourth-order valence-corrected chi connectivity index (χ4v) is 2.72. The third-order valence-electron chi connectivity index (χ3n) is 4.21. The number of aromatic nitrogens is 4. The highest BCUT2D eigenvalue weighted by Crippen LogP contribution is 2.11. The molecule has 0 unspecified atom stereocenters. The first-order valence-corrected chi connectivity index (χ1v) is 8.59. The molecule has 7 heteroatoms. The minimum absolute atomic E-state index is 0.0256. The van der Waals surface area contributed by atoms with Gasteiger partial charge in [-0.1, -0.05) is 0 Å². The van der Waals surface area contributed by atoms with E-state index in [1.165, 1.54) is 5.56 Å². The van der Waals surface area contributed by atoms with Gasteiger partial charge in [-0.2, -0.15) is 10.2 Å². The van der Waals surface area contributed by atoms with Gasteiger partial charge in [0.05, 0.1) is 18.4 Å². The molecule has 132 valence electrons. The van der Waals surface area contributed by atoms with E-state index in [1.54, 1.807) is 4.90 Å². The van der Waals surface area contributed by atoms with E-state index >= 15 is 0 Å². The van der Waals surface area contributed by atoms with Gasteiger partial charge in [-0.05, 0) is 46.1 Å². The first kappa shape index (κ1) is 18.0. The molecule has 0 fully saturated rings. The van der Waals surface area contributed by atoms with Gasteiger partial charge in [0.1, 0.15) is 0 Å². The fraction of sp³-hybridized carbons (Fsp3) is 0.588. The Hall–Kier alpha value is -2.31. The Morgan fingerprint density at radius 3 is 2.75 bits per heavy atom. The van der Waals surface area contributed by atoms with Crippen LogP contribution < -0.4 is 5.32 Å². The van der Waals surface area contributed by atoms with Crippen molar-refractivity contribution in [2.24, 2.45) is 0 Å². The Morgan fingerprint density at radius 2 is 2.17 bits per heavy atom. The molecule has 2 rings (SSSR count). The van der Waals surface area contributed by atoms with Crippen molar-refractivity contribution in [3.63, 3.8) is 0 Å². The lowest BCUT2D eigenvalue weighted by atomic mass is 10.1. The third-order valence-corrected chi connectivity index (χ3v) is 4.21. The lowest BCUT2D eigenvalue weighted by Gasteiger charge is -2.20. The standard InChI is InChI=1S/C17H28N6O/c1-5-22(11-15-10-19-23(6-2)12-15)17(24)18-9-7-8-16-13(3)20-21-14(16)4/h10,12H,5-9,11H2,1-4H3,(H,18,24)(H,20,21). The third kappa shape index (κ3) is 4.59. The van der Waals surface area contributed by atoms with E-state index in [4.69, 9.17) is 0 Å². The molecule has 0 atom stereocenters. The summed E-state index contributed by atoms with van der Waals surface area (Å²) in [6.07, 6.45) is 5.63. The molecule has 0 radical (unpaired) electrons. The number of aryl methyl sites for hydroxylation is 3. The summed E-state index contributed by atoms with van der Waals surface area (Å²) in [5.41, 5.74) is 4.46. The first-order chi connectivity index (χ1) is 11.5. The van der Waals surface area contributed by atoms with Crippen molar-refractivity contribution in [2.45, 2.75) is 53.6 Å². The van der Waals surface area contributed by atoms with Crippen molar-refractivity contribution in [1.82, 2.24) is 30.2 Å². The summed E-state index contributed by atoms with van der Waals surface area (Å²) in [7, 11) is 0. The second-order valence-electron chi connectivity index (χ2n) is 5.97. The number of rotatable bonds is 8. The summed E-state index contributed by atoms with van der Waals surface area (Å²) in [4.78, 5) is 14.1. The molecule has 0 bridgehead atoms. The Morgan fingerprint density at radius 1 is 1.38 bits per heavy atom. The maximum absolute atomic E-state index is 12.3. The van der Waals surface area contributed by atoms with Gasteiger partial charge in [0.15, 0.2) is 0 Å². The lowest BCUT2D eigenvalue weighted by Crippen LogP contribution is -2.39.